The highest BCUT2D eigenvalue weighted by atomic mass is 16.5. The minimum atomic E-state index is 0.512. The molecule has 4 aromatic rings. The van der Waals surface area contributed by atoms with Crippen LogP contribution in [0.4, 0.5) is 0 Å². The van der Waals surface area contributed by atoms with Crippen LogP contribution in [-0.2, 0) is 6.54 Å². The van der Waals surface area contributed by atoms with Gasteiger partial charge in [-0.2, -0.15) is 0 Å². The van der Waals surface area contributed by atoms with Crippen LogP contribution in [0, 0.1) is 12.8 Å². The number of hydrogen-bond acceptors (Lipinski definition) is 6. The second-order valence-electron chi connectivity index (χ2n) is 8.85. The average molecular weight is 455 g/mol. The lowest BCUT2D eigenvalue weighted by molar-refractivity contribution is 0.208. The Kier molecular flexibility index (Phi) is 6.70. The van der Waals surface area contributed by atoms with E-state index in [4.69, 9.17) is 24.9 Å². The third kappa shape index (κ3) is 4.88. The molecule has 0 unspecified atom stereocenters. The summed E-state index contributed by atoms with van der Waals surface area (Å²) in [7, 11) is 0. The predicted octanol–water partition coefficient (Wildman–Crippen LogP) is 5.22. The first kappa shape index (κ1) is 22.3. The normalized spacial score (nSPS) is 14.3. The van der Waals surface area contributed by atoms with Gasteiger partial charge in [-0.25, -0.2) is 9.97 Å². The maximum absolute atomic E-state index is 6.12. The quantitative estimate of drug-likeness (QED) is 0.398. The first-order valence-electron chi connectivity index (χ1n) is 11.8. The molecule has 0 spiro atoms. The standard InChI is InChI=1S/C28H30N4O2/c1-19-14-21(15-29)2-7-25(19)28-27(23-5-3-22(4-6-23)24-10-13-33-18-24)32-26(16-31-28)34-17-20-8-11-30-12-9-20/h2-7,10,13-14,16,18,20,30H,8-9,11-12,15,17,29H2,1H3. The van der Waals surface area contributed by atoms with Gasteiger partial charge in [0.15, 0.2) is 0 Å². The first-order chi connectivity index (χ1) is 16.7. The topological polar surface area (TPSA) is 86.2 Å². The van der Waals surface area contributed by atoms with Crippen LogP contribution in [0.5, 0.6) is 5.88 Å². The number of aryl methyl sites for hydroxylation is 1. The fourth-order valence-electron chi connectivity index (χ4n) is 4.46. The molecule has 34 heavy (non-hydrogen) atoms. The zero-order valence-corrected chi connectivity index (χ0v) is 19.5. The van der Waals surface area contributed by atoms with Gasteiger partial charge < -0.3 is 20.2 Å². The molecule has 1 saturated heterocycles. The van der Waals surface area contributed by atoms with Gasteiger partial charge in [0.05, 0.1) is 31.0 Å². The number of hydrogen-bond donors (Lipinski definition) is 2. The zero-order chi connectivity index (χ0) is 23.3. The monoisotopic (exact) mass is 454 g/mol. The van der Waals surface area contributed by atoms with Crippen LogP contribution in [0.25, 0.3) is 33.6 Å². The molecular formula is C28H30N4O2. The van der Waals surface area contributed by atoms with Crippen molar-refractivity contribution in [3.8, 4) is 39.5 Å². The number of nitrogens with one attached hydrogen (secondary N) is 1. The molecule has 2 aromatic carbocycles. The van der Waals surface area contributed by atoms with Crippen LogP contribution >= 0.6 is 0 Å². The Hall–Kier alpha value is -3.48. The number of nitrogens with zero attached hydrogens (tertiary/aromatic N) is 2. The Morgan fingerprint density at radius 3 is 2.50 bits per heavy atom. The maximum atomic E-state index is 6.12. The summed E-state index contributed by atoms with van der Waals surface area (Å²) >= 11 is 0. The lowest BCUT2D eigenvalue weighted by Crippen LogP contribution is -2.30. The summed E-state index contributed by atoms with van der Waals surface area (Å²) in [5.41, 5.74) is 13.9. The Morgan fingerprint density at radius 2 is 1.79 bits per heavy atom. The zero-order valence-electron chi connectivity index (χ0n) is 19.5. The Morgan fingerprint density at radius 1 is 1.00 bits per heavy atom. The summed E-state index contributed by atoms with van der Waals surface area (Å²) in [6.45, 7) is 5.36. The minimum absolute atomic E-state index is 0.512. The summed E-state index contributed by atoms with van der Waals surface area (Å²) in [5.74, 6) is 1.11. The lowest BCUT2D eigenvalue weighted by atomic mass is 9.97. The molecule has 6 nitrogen and oxygen atoms in total. The van der Waals surface area contributed by atoms with E-state index in [0.29, 0.717) is 24.9 Å². The Labute approximate surface area is 200 Å². The predicted molar refractivity (Wildman–Crippen MR) is 134 cm³/mol. The van der Waals surface area contributed by atoms with E-state index in [2.05, 4.69) is 54.7 Å². The van der Waals surface area contributed by atoms with E-state index < -0.39 is 0 Å². The van der Waals surface area contributed by atoms with Crippen molar-refractivity contribution in [3.63, 3.8) is 0 Å². The fourth-order valence-corrected chi connectivity index (χ4v) is 4.46. The van der Waals surface area contributed by atoms with Crippen LogP contribution < -0.4 is 15.8 Å². The largest absolute Gasteiger partial charge is 0.476 e. The molecule has 0 saturated carbocycles. The molecule has 174 valence electrons. The van der Waals surface area contributed by atoms with E-state index in [-0.39, 0.29) is 0 Å². The van der Waals surface area contributed by atoms with E-state index in [1.54, 1.807) is 18.7 Å². The van der Waals surface area contributed by atoms with Crippen molar-refractivity contribution in [1.82, 2.24) is 15.3 Å². The third-order valence-electron chi connectivity index (χ3n) is 6.47. The molecule has 0 bridgehead atoms. The summed E-state index contributed by atoms with van der Waals surface area (Å²) in [5, 5.41) is 3.40. The van der Waals surface area contributed by atoms with Crippen molar-refractivity contribution < 1.29 is 9.15 Å². The van der Waals surface area contributed by atoms with Crippen molar-refractivity contribution in [2.24, 2.45) is 11.7 Å². The molecule has 2 aromatic heterocycles. The Bertz CT molecular complexity index is 1230. The van der Waals surface area contributed by atoms with Crippen LogP contribution in [0.15, 0.2) is 71.7 Å². The van der Waals surface area contributed by atoms with Crippen LogP contribution in [0.3, 0.4) is 0 Å². The SMILES string of the molecule is Cc1cc(CN)ccc1-c1ncc(OCC2CCNCC2)nc1-c1ccc(-c2ccoc2)cc1. The second-order valence-corrected chi connectivity index (χ2v) is 8.85. The molecule has 1 aliphatic heterocycles. The number of aromatic nitrogens is 2. The van der Waals surface area contributed by atoms with Gasteiger partial charge in [0.2, 0.25) is 5.88 Å². The van der Waals surface area contributed by atoms with Crippen LogP contribution in [-0.4, -0.2) is 29.7 Å². The number of rotatable bonds is 7. The average Bonchev–Trinajstić information content (AvgIpc) is 3.43. The maximum Gasteiger partial charge on any atom is 0.232 e. The number of ether oxygens (including phenoxy) is 1. The van der Waals surface area contributed by atoms with Crippen molar-refractivity contribution >= 4 is 0 Å². The van der Waals surface area contributed by atoms with Crippen molar-refractivity contribution in [3.05, 3.63) is 78.4 Å². The molecule has 1 fully saturated rings. The third-order valence-corrected chi connectivity index (χ3v) is 6.47. The number of nitrogens with two attached hydrogens (primary N) is 1. The first-order valence-corrected chi connectivity index (χ1v) is 11.8. The van der Waals surface area contributed by atoms with Gasteiger partial charge in [-0.05, 0) is 61.5 Å². The smallest absolute Gasteiger partial charge is 0.232 e. The van der Waals surface area contributed by atoms with Gasteiger partial charge >= 0.3 is 0 Å². The molecule has 5 rings (SSSR count). The number of benzene rings is 2. The summed E-state index contributed by atoms with van der Waals surface area (Å²) in [4.78, 5) is 9.77. The number of furan rings is 1. The van der Waals surface area contributed by atoms with Gasteiger partial charge in [0.25, 0.3) is 0 Å². The van der Waals surface area contributed by atoms with Gasteiger partial charge in [-0.1, -0.05) is 42.5 Å². The van der Waals surface area contributed by atoms with Gasteiger partial charge in [0.1, 0.15) is 5.69 Å². The highest BCUT2D eigenvalue weighted by Gasteiger charge is 2.18. The van der Waals surface area contributed by atoms with Crippen LogP contribution in [0.1, 0.15) is 24.0 Å². The van der Waals surface area contributed by atoms with E-state index in [9.17, 15) is 0 Å². The summed E-state index contributed by atoms with van der Waals surface area (Å²) in [6, 6.07) is 16.5. The van der Waals surface area contributed by atoms with Gasteiger partial charge in [0, 0.05) is 23.2 Å². The van der Waals surface area contributed by atoms with Crippen LogP contribution in [0.2, 0.25) is 0 Å². The molecule has 0 amide bonds. The Balaban J connectivity index is 1.50. The molecular weight excluding hydrogens is 424 g/mol. The second kappa shape index (κ2) is 10.2. The highest BCUT2D eigenvalue weighted by molar-refractivity contribution is 5.81. The van der Waals surface area contributed by atoms with E-state index in [1.165, 1.54) is 0 Å². The molecule has 3 heterocycles. The van der Waals surface area contributed by atoms with Crippen molar-refractivity contribution in [2.75, 3.05) is 19.7 Å². The van der Waals surface area contributed by atoms with E-state index in [1.807, 2.05) is 6.07 Å². The molecule has 3 N–H and O–H groups in total. The molecule has 6 heteroatoms. The molecule has 1 aliphatic rings. The number of piperidine rings is 1. The van der Waals surface area contributed by atoms with Crippen molar-refractivity contribution in [1.29, 1.82) is 0 Å². The summed E-state index contributed by atoms with van der Waals surface area (Å²) < 4.78 is 11.4. The van der Waals surface area contributed by atoms with Gasteiger partial charge in [-0.3, -0.25) is 0 Å². The lowest BCUT2D eigenvalue weighted by Gasteiger charge is -2.22. The summed E-state index contributed by atoms with van der Waals surface area (Å²) in [6.07, 6.45) is 7.43. The highest BCUT2D eigenvalue weighted by Crippen LogP contribution is 2.34. The minimum Gasteiger partial charge on any atom is -0.476 e. The van der Waals surface area contributed by atoms with E-state index >= 15 is 0 Å². The van der Waals surface area contributed by atoms with E-state index in [0.717, 1.165) is 70.7 Å². The molecule has 0 aliphatic carbocycles. The molecule has 0 atom stereocenters. The molecule has 0 radical (unpaired) electrons. The van der Waals surface area contributed by atoms with Gasteiger partial charge in [-0.15, -0.1) is 0 Å². The fraction of sp³-hybridized carbons (Fsp3) is 0.286. The van der Waals surface area contributed by atoms with Crippen molar-refractivity contribution in [2.45, 2.75) is 26.3 Å².